The summed E-state index contributed by atoms with van der Waals surface area (Å²) in [5, 5.41) is -0.641. The first-order valence-corrected chi connectivity index (χ1v) is 4.12. The lowest BCUT2D eigenvalue weighted by Gasteiger charge is -1.92. The summed E-state index contributed by atoms with van der Waals surface area (Å²) in [7, 11) is -4.70. The molecule has 1 aromatic heterocycles. The standard InChI is InChI=1S/C5H5FN2O2S/c1-4-2-7-3-5(8-4)11(6,9)10/h2-3H,1H3. The normalized spacial score (nSPS) is 11.5. The van der Waals surface area contributed by atoms with Gasteiger partial charge in [-0.05, 0) is 6.92 Å². The smallest absolute Gasteiger partial charge is 0.260 e. The molecular weight excluding hydrogens is 171 g/mol. The van der Waals surface area contributed by atoms with Crippen LogP contribution >= 0.6 is 0 Å². The summed E-state index contributed by atoms with van der Waals surface area (Å²) in [6.45, 7) is 1.53. The van der Waals surface area contributed by atoms with E-state index in [0.717, 1.165) is 6.20 Å². The Balaban J connectivity index is 3.28. The van der Waals surface area contributed by atoms with Gasteiger partial charge in [-0.15, -0.1) is 0 Å². The van der Waals surface area contributed by atoms with E-state index in [0.29, 0.717) is 5.69 Å². The van der Waals surface area contributed by atoms with Gasteiger partial charge in [-0.1, -0.05) is 3.89 Å². The van der Waals surface area contributed by atoms with Crippen molar-refractivity contribution in [3.8, 4) is 0 Å². The molecule has 0 aliphatic heterocycles. The first-order valence-electron chi connectivity index (χ1n) is 2.73. The van der Waals surface area contributed by atoms with E-state index in [4.69, 9.17) is 0 Å². The summed E-state index contributed by atoms with van der Waals surface area (Å²) in [6.07, 6.45) is 2.21. The first-order chi connectivity index (χ1) is 5.00. The van der Waals surface area contributed by atoms with Crippen molar-refractivity contribution in [3.05, 3.63) is 18.1 Å². The Morgan fingerprint density at radius 1 is 1.45 bits per heavy atom. The molecule has 0 aliphatic carbocycles. The minimum atomic E-state index is -4.70. The molecule has 1 aromatic rings. The number of hydrogen-bond acceptors (Lipinski definition) is 4. The third kappa shape index (κ3) is 1.94. The van der Waals surface area contributed by atoms with Crippen molar-refractivity contribution in [2.24, 2.45) is 0 Å². The van der Waals surface area contributed by atoms with Gasteiger partial charge in [-0.2, -0.15) is 8.42 Å². The van der Waals surface area contributed by atoms with Crippen molar-refractivity contribution in [1.82, 2.24) is 9.97 Å². The van der Waals surface area contributed by atoms with Gasteiger partial charge in [0.1, 0.15) is 0 Å². The van der Waals surface area contributed by atoms with E-state index < -0.39 is 15.2 Å². The summed E-state index contributed by atoms with van der Waals surface area (Å²) < 4.78 is 32.6. The van der Waals surface area contributed by atoms with Gasteiger partial charge in [-0.25, -0.2) is 4.98 Å². The molecule has 4 nitrogen and oxygen atoms in total. The fourth-order valence-corrected chi connectivity index (χ4v) is 0.998. The molecule has 6 heteroatoms. The van der Waals surface area contributed by atoms with Gasteiger partial charge >= 0.3 is 10.2 Å². The second kappa shape index (κ2) is 2.54. The number of hydrogen-bond donors (Lipinski definition) is 0. The number of nitrogens with zero attached hydrogens (tertiary/aromatic N) is 2. The average molecular weight is 176 g/mol. The molecule has 0 atom stereocenters. The number of halogens is 1. The largest absolute Gasteiger partial charge is 0.351 e. The first kappa shape index (κ1) is 8.06. The van der Waals surface area contributed by atoms with Gasteiger partial charge in [0.2, 0.25) is 5.03 Å². The van der Waals surface area contributed by atoms with Gasteiger partial charge in [0.15, 0.2) is 0 Å². The predicted molar refractivity (Wildman–Crippen MR) is 35.1 cm³/mol. The zero-order valence-electron chi connectivity index (χ0n) is 5.65. The minimum absolute atomic E-state index is 0.365. The molecule has 0 saturated carbocycles. The van der Waals surface area contributed by atoms with Crippen LogP contribution in [0, 0.1) is 6.92 Å². The molecule has 0 unspecified atom stereocenters. The Morgan fingerprint density at radius 2 is 2.09 bits per heavy atom. The van der Waals surface area contributed by atoms with Crippen molar-refractivity contribution in [2.75, 3.05) is 0 Å². The summed E-state index contributed by atoms with van der Waals surface area (Å²) in [6, 6.07) is 0. The monoisotopic (exact) mass is 176 g/mol. The molecule has 60 valence electrons. The minimum Gasteiger partial charge on any atom is -0.260 e. The van der Waals surface area contributed by atoms with Crippen LogP contribution in [0.1, 0.15) is 5.69 Å². The summed E-state index contributed by atoms with van der Waals surface area (Å²) in [4.78, 5) is 6.89. The molecule has 0 amide bonds. The molecular formula is C5H5FN2O2S. The van der Waals surface area contributed by atoms with E-state index in [1.165, 1.54) is 13.1 Å². The highest BCUT2D eigenvalue weighted by molar-refractivity contribution is 7.86. The Bertz CT molecular complexity index is 363. The highest BCUT2D eigenvalue weighted by Crippen LogP contribution is 2.06. The molecule has 11 heavy (non-hydrogen) atoms. The van der Waals surface area contributed by atoms with Crippen LogP contribution in [-0.2, 0) is 10.2 Å². The van der Waals surface area contributed by atoms with Gasteiger partial charge in [-0.3, -0.25) is 4.98 Å². The Labute approximate surface area is 63.3 Å². The SMILES string of the molecule is Cc1cncc(S(=O)(=O)F)n1. The zero-order chi connectivity index (χ0) is 8.48. The lowest BCUT2D eigenvalue weighted by Crippen LogP contribution is -1.98. The number of aromatic nitrogens is 2. The van der Waals surface area contributed by atoms with Gasteiger partial charge in [0.05, 0.1) is 11.9 Å². The van der Waals surface area contributed by atoms with Crippen molar-refractivity contribution in [3.63, 3.8) is 0 Å². The van der Waals surface area contributed by atoms with Crippen LogP contribution in [0.3, 0.4) is 0 Å². The lowest BCUT2D eigenvalue weighted by atomic mass is 10.5. The molecule has 0 aromatic carbocycles. The van der Waals surface area contributed by atoms with E-state index >= 15 is 0 Å². The van der Waals surface area contributed by atoms with Crippen LogP contribution in [0.15, 0.2) is 17.4 Å². The molecule has 0 N–H and O–H groups in total. The average Bonchev–Trinajstić information content (AvgIpc) is 1.86. The van der Waals surface area contributed by atoms with Gasteiger partial charge in [0.25, 0.3) is 0 Å². The fourth-order valence-electron chi connectivity index (χ4n) is 0.558. The second-order valence-electron chi connectivity index (χ2n) is 1.94. The van der Waals surface area contributed by atoms with E-state index in [1.807, 2.05) is 0 Å². The zero-order valence-corrected chi connectivity index (χ0v) is 6.47. The quantitative estimate of drug-likeness (QED) is 0.582. The van der Waals surface area contributed by atoms with Crippen molar-refractivity contribution in [1.29, 1.82) is 0 Å². The highest BCUT2D eigenvalue weighted by Gasteiger charge is 2.13. The third-order valence-corrected chi connectivity index (χ3v) is 1.68. The molecule has 1 heterocycles. The maximum atomic E-state index is 12.2. The van der Waals surface area contributed by atoms with Crippen LogP contribution in [0.5, 0.6) is 0 Å². The maximum absolute atomic E-state index is 12.2. The Morgan fingerprint density at radius 3 is 2.45 bits per heavy atom. The second-order valence-corrected chi connectivity index (χ2v) is 3.23. The van der Waals surface area contributed by atoms with Gasteiger partial charge < -0.3 is 0 Å². The predicted octanol–water partition coefficient (Wildman–Crippen LogP) is 0.443. The molecule has 0 spiro atoms. The van der Waals surface area contributed by atoms with Gasteiger partial charge in [0, 0.05) is 6.20 Å². The number of rotatable bonds is 1. The molecule has 0 aliphatic rings. The summed E-state index contributed by atoms with van der Waals surface area (Å²) in [5.41, 5.74) is 0.365. The third-order valence-electron chi connectivity index (χ3n) is 0.983. The molecule has 0 radical (unpaired) electrons. The Hall–Kier alpha value is -1.04. The molecule has 1 rings (SSSR count). The Kier molecular flexibility index (Phi) is 1.86. The van der Waals surface area contributed by atoms with Crippen LogP contribution in [-0.4, -0.2) is 18.4 Å². The highest BCUT2D eigenvalue weighted by atomic mass is 32.3. The van der Waals surface area contributed by atoms with E-state index in [1.54, 1.807) is 0 Å². The van der Waals surface area contributed by atoms with Crippen molar-refractivity contribution >= 4 is 10.2 Å². The van der Waals surface area contributed by atoms with E-state index in [-0.39, 0.29) is 0 Å². The maximum Gasteiger partial charge on any atom is 0.351 e. The molecule has 0 bridgehead atoms. The van der Waals surface area contributed by atoms with Crippen LogP contribution < -0.4 is 0 Å². The number of aryl methyl sites for hydroxylation is 1. The van der Waals surface area contributed by atoms with Crippen LogP contribution in [0.2, 0.25) is 0 Å². The molecule has 0 saturated heterocycles. The molecule has 0 fully saturated rings. The summed E-state index contributed by atoms with van der Waals surface area (Å²) in [5.74, 6) is 0. The van der Waals surface area contributed by atoms with Crippen LogP contribution in [0.25, 0.3) is 0 Å². The van der Waals surface area contributed by atoms with E-state index in [2.05, 4.69) is 9.97 Å². The lowest BCUT2D eigenvalue weighted by molar-refractivity contribution is 0.546. The topological polar surface area (TPSA) is 59.9 Å². The fraction of sp³-hybridized carbons (Fsp3) is 0.200. The summed E-state index contributed by atoms with van der Waals surface area (Å²) >= 11 is 0. The van der Waals surface area contributed by atoms with Crippen molar-refractivity contribution in [2.45, 2.75) is 11.9 Å². The van der Waals surface area contributed by atoms with Crippen molar-refractivity contribution < 1.29 is 12.3 Å². The van der Waals surface area contributed by atoms with Crippen LogP contribution in [0.4, 0.5) is 3.89 Å². The van der Waals surface area contributed by atoms with E-state index in [9.17, 15) is 12.3 Å².